The summed E-state index contributed by atoms with van der Waals surface area (Å²) in [5, 5.41) is 2.99. The summed E-state index contributed by atoms with van der Waals surface area (Å²) in [7, 11) is 1.63. The van der Waals surface area contributed by atoms with E-state index in [1.165, 1.54) is 26.1 Å². The number of likely N-dealkylation sites (tertiary alicyclic amines) is 2. The lowest BCUT2D eigenvalue weighted by molar-refractivity contribution is 0.101. The lowest BCUT2D eigenvalue weighted by Gasteiger charge is -2.39. The van der Waals surface area contributed by atoms with E-state index >= 15 is 0 Å². The normalized spacial score (nSPS) is 25.1. The molecular formula is C21H33N3O2. The van der Waals surface area contributed by atoms with Gasteiger partial charge in [-0.1, -0.05) is 19.9 Å². The Bertz CT molecular complexity index is 589. The summed E-state index contributed by atoms with van der Waals surface area (Å²) in [5.41, 5.74) is 0.785. The molecule has 0 spiro atoms. The smallest absolute Gasteiger partial charge is 0.321 e. The molecule has 0 radical (unpaired) electrons. The van der Waals surface area contributed by atoms with Crippen molar-refractivity contribution >= 4 is 11.7 Å². The van der Waals surface area contributed by atoms with Gasteiger partial charge in [-0.05, 0) is 49.1 Å². The van der Waals surface area contributed by atoms with Gasteiger partial charge in [0.2, 0.25) is 0 Å². The second-order valence-electron chi connectivity index (χ2n) is 8.26. The Balaban J connectivity index is 1.45. The van der Waals surface area contributed by atoms with Gasteiger partial charge in [0.05, 0.1) is 7.11 Å². The van der Waals surface area contributed by atoms with Crippen molar-refractivity contribution in [3.05, 3.63) is 24.3 Å². The van der Waals surface area contributed by atoms with Crippen molar-refractivity contribution in [1.82, 2.24) is 9.80 Å². The molecule has 2 aliphatic rings. The molecule has 2 heterocycles. The van der Waals surface area contributed by atoms with E-state index in [9.17, 15) is 4.79 Å². The minimum atomic E-state index is -0.00285. The van der Waals surface area contributed by atoms with Crippen LogP contribution in [0.2, 0.25) is 0 Å². The van der Waals surface area contributed by atoms with E-state index < -0.39 is 0 Å². The molecule has 1 aromatic carbocycles. The number of methoxy groups -OCH3 is 1. The summed E-state index contributed by atoms with van der Waals surface area (Å²) in [6, 6.07) is 7.51. The Morgan fingerprint density at radius 3 is 2.54 bits per heavy atom. The number of piperidine rings is 2. The van der Waals surface area contributed by atoms with Gasteiger partial charge in [0, 0.05) is 44.5 Å². The minimum absolute atomic E-state index is 0.00285. The number of carbonyl (C=O) groups is 1. The molecule has 0 aromatic heterocycles. The Labute approximate surface area is 157 Å². The lowest BCUT2D eigenvalue weighted by Crippen LogP contribution is -2.46. The maximum atomic E-state index is 12.5. The summed E-state index contributed by atoms with van der Waals surface area (Å²) in [4.78, 5) is 17.1. The Morgan fingerprint density at radius 2 is 1.88 bits per heavy atom. The van der Waals surface area contributed by atoms with Crippen molar-refractivity contribution in [2.75, 3.05) is 45.2 Å². The molecular weight excluding hydrogens is 326 g/mol. The van der Waals surface area contributed by atoms with Crippen LogP contribution in [0.5, 0.6) is 5.75 Å². The molecule has 144 valence electrons. The number of ether oxygens (including phenoxy) is 1. The molecule has 2 saturated heterocycles. The van der Waals surface area contributed by atoms with E-state index in [-0.39, 0.29) is 6.03 Å². The fourth-order valence-corrected chi connectivity index (χ4v) is 4.53. The number of urea groups is 1. The van der Waals surface area contributed by atoms with Crippen LogP contribution in [0.3, 0.4) is 0 Å². The van der Waals surface area contributed by atoms with Crippen LogP contribution in [0.4, 0.5) is 10.5 Å². The molecule has 5 nitrogen and oxygen atoms in total. The third kappa shape index (κ3) is 5.13. The van der Waals surface area contributed by atoms with Gasteiger partial charge in [-0.15, -0.1) is 0 Å². The highest BCUT2D eigenvalue weighted by molar-refractivity contribution is 5.89. The summed E-state index contributed by atoms with van der Waals surface area (Å²) in [6.45, 7) is 10.1. The molecule has 2 fully saturated rings. The predicted molar refractivity (Wildman–Crippen MR) is 106 cm³/mol. The highest BCUT2D eigenvalue weighted by atomic mass is 16.5. The summed E-state index contributed by atoms with van der Waals surface area (Å²) in [6.07, 6.45) is 3.56. The maximum absolute atomic E-state index is 12.5. The number of benzene rings is 1. The number of rotatable bonds is 4. The van der Waals surface area contributed by atoms with Gasteiger partial charge >= 0.3 is 6.03 Å². The predicted octanol–water partition coefficient (Wildman–Crippen LogP) is 3.92. The molecule has 0 saturated carbocycles. The molecule has 0 aliphatic carbocycles. The van der Waals surface area contributed by atoms with E-state index in [0.29, 0.717) is 5.92 Å². The summed E-state index contributed by atoms with van der Waals surface area (Å²) in [5.74, 6) is 3.10. The van der Waals surface area contributed by atoms with Crippen LogP contribution in [0, 0.1) is 17.8 Å². The first-order chi connectivity index (χ1) is 12.5. The maximum Gasteiger partial charge on any atom is 0.321 e. The van der Waals surface area contributed by atoms with Crippen LogP contribution in [-0.4, -0.2) is 55.7 Å². The Kier molecular flexibility index (Phi) is 6.41. The van der Waals surface area contributed by atoms with Crippen molar-refractivity contribution in [3.63, 3.8) is 0 Å². The van der Waals surface area contributed by atoms with Crippen LogP contribution in [-0.2, 0) is 0 Å². The van der Waals surface area contributed by atoms with Gasteiger partial charge in [-0.3, -0.25) is 0 Å². The van der Waals surface area contributed by atoms with E-state index in [4.69, 9.17) is 4.74 Å². The second-order valence-corrected chi connectivity index (χ2v) is 8.26. The quantitative estimate of drug-likeness (QED) is 0.886. The average molecular weight is 360 g/mol. The molecule has 3 rings (SSSR count). The Morgan fingerprint density at radius 1 is 1.19 bits per heavy atom. The topological polar surface area (TPSA) is 44.8 Å². The number of carbonyl (C=O) groups excluding carboxylic acids is 1. The van der Waals surface area contributed by atoms with Gasteiger partial charge < -0.3 is 19.9 Å². The first-order valence-corrected chi connectivity index (χ1v) is 9.96. The molecule has 2 atom stereocenters. The highest BCUT2D eigenvalue weighted by Crippen LogP contribution is 2.25. The fraction of sp³-hybridized carbons (Fsp3) is 0.667. The molecule has 1 aromatic rings. The monoisotopic (exact) mass is 359 g/mol. The Hall–Kier alpha value is -1.75. The second kappa shape index (κ2) is 8.76. The number of hydrogen-bond donors (Lipinski definition) is 1. The van der Waals surface area contributed by atoms with Crippen LogP contribution < -0.4 is 10.1 Å². The number of nitrogens with zero attached hydrogens (tertiary/aromatic N) is 2. The standard InChI is InChI=1S/C21H33N3O2/c1-16-11-17(2)14-23(13-16)15-18-7-9-24(10-8-18)21(25)22-19-5-4-6-20(12-19)26-3/h4-6,12,16-18H,7-11,13-15H2,1-3H3,(H,22,25). The van der Waals surface area contributed by atoms with Crippen LogP contribution in [0.15, 0.2) is 24.3 Å². The van der Waals surface area contributed by atoms with Gasteiger partial charge in [-0.25, -0.2) is 4.79 Å². The van der Waals surface area contributed by atoms with E-state index in [2.05, 4.69) is 24.1 Å². The first kappa shape index (κ1) is 19.0. The number of hydrogen-bond acceptors (Lipinski definition) is 3. The largest absolute Gasteiger partial charge is 0.497 e. The lowest BCUT2D eigenvalue weighted by atomic mass is 9.89. The SMILES string of the molecule is COc1cccc(NC(=O)N2CCC(CN3CC(C)CC(C)C3)CC2)c1. The average Bonchev–Trinajstić information content (AvgIpc) is 2.61. The van der Waals surface area contributed by atoms with Gasteiger partial charge in [0.25, 0.3) is 0 Å². The van der Waals surface area contributed by atoms with E-state index in [0.717, 1.165) is 49.2 Å². The zero-order valence-corrected chi connectivity index (χ0v) is 16.4. The highest BCUT2D eigenvalue weighted by Gasteiger charge is 2.27. The van der Waals surface area contributed by atoms with Crippen molar-refractivity contribution in [2.45, 2.75) is 33.1 Å². The first-order valence-electron chi connectivity index (χ1n) is 9.96. The number of nitrogens with one attached hydrogen (secondary N) is 1. The zero-order chi connectivity index (χ0) is 18.5. The zero-order valence-electron chi connectivity index (χ0n) is 16.4. The van der Waals surface area contributed by atoms with Gasteiger partial charge in [-0.2, -0.15) is 0 Å². The number of anilines is 1. The third-order valence-corrected chi connectivity index (χ3v) is 5.68. The van der Waals surface area contributed by atoms with Crippen molar-refractivity contribution in [3.8, 4) is 5.75 Å². The van der Waals surface area contributed by atoms with Crippen molar-refractivity contribution in [2.24, 2.45) is 17.8 Å². The van der Waals surface area contributed by atoms with E-state index in [1.54, 1.807) is 7.11 Å². The van der Waals surface area contributed by atoms with Crippen LogP contribution in [0.1, 0.15) is 33.1 Å². The fourth-order valence-electron chi connectivity index (χ4n) is 4.53. The number of amides is 2. The third-order valence-electron chi connectivity index (χ3n) is 5.68. The molecule has 2 amide bonds. The van der Waals surface area contributed by atoms with E-state index in [1.807, 2.05) is 29.2 Å². The van der Waals surface area contributed by atoms with Crippen LogP contribution in [0.25, 0.3) is 0 Å². The molecule has 5 heteroatoms. The van der Waals surface area contributed by atoms with Gasteiger partial charge in [0.15, 0.2) is 0 Å². The summed E-state index contributed by atoms with van der Waals surface area (Å²) < 4.78 is 5.21. The molecule has 0 bridgehead atoms. The van der Waals surface area contributed by atoms with Gasteiger partial charge in [0.1, 0.15) is 5.75 Å². The summed E-state index contributed by atoms with van der Waals surface area (Å²) >= 11 is 0. The molecule has 26 heavy (non-hydrogen) atoms. The van der Waals surface area contributed by atoms with Crippen molar-refractivity contribution in [1.29, 1.82) is 0 Å². The minimum Gasteiger partial charge on any atom is -0.497 e. The molecule has 2 aliphatic heterocycles. The van der Waals surface area contributed by atoms with Crippen molar-refractivity contribution < 1.29 is 9.53 Å². The molecule has 2 unspecified atom stereocenters. The van der Waals surface area contributed by atoms with Crippen LogP contribution >= 0.6 is 0 Å². The molecule has 1 N–H and O–H groups in total.